The second kappa shape index (κ2) is 8.20. The molecule has 2 aromatic carbocycles. The van der Waals surface area contributed by atoms with Crippen LogP contribution in [0.2, 0.25) is 0 Å². The van der Waals surface area contributed by atoms with Crippen molar-refractivity contribution in [2.75, 3.05) is 19.0 Å². The predicted molar refractivity (Wildman–Crippen MR) is 97.7 cm³/mol. The zero-order valence-corrected chi connectivity index (χ0v) is 14.6. The number of aryl methyl sites for hydroxylation is 1. The van der Waals surface area contributed by atoms with Crippen LogP contribution < -0.4 is 14.8 Å². The fraction of sp³-hybridized carbons (Fsp3) is 0.250. The molecule has 0 atom stereocenters. The van der Waals surface area contributed by atoms with Crippen LogP contribution in [0.1, 0.15) is 23.6 Å². The Morgan fingerprint density at radius 2 is 1.96 bits per heavy atom. The van der Waals surface area contributed by atoms with E-state index in [0.29, 0.717) is 11.5 Å². The highest BCUT2D eigenvalue weighted by atomic mass is 16.5. The molecule has 24 heavy (non-hydrogen) atoms. The van der Waals surface area contributed by atoms with E-state index in [0.717, 1.165) is 22.4 Å². The van der Waals surface area contributed by atoms with Crippen LogP contribution in [0.4, 0.5) is 5.69 Å². The average molecular weight is 325 g/mol. The lowest BCUT2D eigenvalue weighted by Gasteiger charge is -2.13. The minimum atomic E-state index is -0.205. The van der Waals surface area contributed by atoms with Crippen LogP contribution >= 0.6 is 0 Å². The van der Waals surface area contributed by atoms with E-state index in [1.807, 2.05) is 63.3 Å². The molecule has 0 radical (unpaired) electrons. The highest BCUT2D eigenvalue weighted by Gasteiger charge is 2.10. The van der Waals surface area contributed by atoms with Crippen LogP contribution in [0.3, 0.4) is 0 Å². The van der Waals surface area contributed by atoms with Gasteiger partial charge in [0.15, 0.2) is 18.1 Å². The van der Waals surface area contributed by atoms with E-state index in [9.17, 15) is 4.79 Å². The third kappa shape index (κ3) is 4.38. The van der Waals surface area contributed by atoms with Crippen molar-refractivity contribution in [3.8, 4) is 11.5 Å². The van der Waals surface area contributed by atoms with Crippen molar-refractivity contribution in [1.82, 2.24) is 0 Å². The molecule has 1 amide bonds. The van der Waals surface area contributed by atoms with Crippen LogP contribution in [-0.2, 0) is 4.79 Å². The Bertz CT molecular complexity index is 751. The third-order valence-electron chi connectivity index (χ3n) is 3.78. The van der Waals surface area contributed by atoms with Crippen LogP contribution in [0.5, 0.6) is 11.5 Å². The highest BCUT2D eigenvalue weighted by Crippen LogP contribution is 2.28. The first-order valence-corrected chi connectivity index (χ1v) is 7.84. The second-order valence-corrected chi connectivity index (χ2v) is 5.49. The number of anilines is 1. The standard InChI is InChI=1S/C20H23NO3/c1-5-7-16-10-11-18(19(12-16)23-4)24-13-20(22)21-17-9-6-8-14(2)15(17)3/h5-12H,13H2,1-4H3,(H,21,22)/b7-5+. The number of benzene rings is 2. The molecule has 0 bridgehead atoms. The molecule has 4 nitrogen and oxygen atoms in total. The maximum Gasteiger partial charge on any atom is 0.262 e. The van der Waals surface area contributed by atoms with Gasteiger partial charge < -0.3 is 14.8 Å². The van der Waals surface area contributed by atoms with Crippen molar-refractivity contribution in [3.05, 3.63) is 59.2 Å². The molecule has 2 aromatic rings. The van der Waals surface area contributed by atoms with Crippen molar-refractivity contribution in [2.24, 2.45) is 0 Å². The Labute approximate surface area is 143 Å². The predicted octanol–water partition coefficient (Wildman–Crippen LogP) is 4.36. The quantitative estimate of drug-likeness (QED) is 0.858. The van der Waals surface area contributed by atoms with E-state index in [4.69, 9.17) is 9.47 Å². The summed E-state index contributed by atoms with van der Waals surface area (Å²) in [5, 5.41) is 2.87. The summed E-state index contributed by atoms with van der Waals surface area (Å²) in [5.41, 5.74) is 4.01. The molecule has 0 aliphatic rings. The first kappa shape index (κ1) is 17.6. The van der Waals surface area contributed by atoms with Gasteiger partial charge in [0.2, 0.25) is 0 Å². The van der Waals surface area contributed by atoms with E-state index in [1.54, 1.807) is 13.2 Å². The highest BCUT2D eigenvalue weighted by molar-refractivity contribution is 5.92. The maximum absolute atomic E-state index is 12.1. The third-order valence-corrected chi connectivity index (χ3v) is 3.78. The molecule has 2 rings (SSSR count). The number of ether oxygens (including phenoxy) is 2. The first-order valence-electron chi connectivity index (χ1n) is 7.84. The maximum atomic E-state index is 12.1. The van der Waals surface area contributed by atoms with Crippen molar-refractivity contribution in [2.45, 2.75) is 20.8 Å². The number of methoxy groups -OCH3 is 1. The minimum absolute atomic E-state index is 0.0767. The first-order chi connectivity index (χ1) is 11.5. The molecule has 126 valence electrons. The second-order valence-electron chi connectivity index (χ2n) is 5.49. The summed E-state index contributed by atoms with van der Waals surface area (Å²) >= 11 is 0. The number of hydrogen-bond acceptors (Lipinski definition) is 3. The van der Waals surface area contributed by atoms with Gasteiger partial charge in [0.25, 0.3) is 5.91 Å². The number of rotatable bonds is 6. The van der Waals surface area contributed by atoms with Crippen LogP contribution in [-0.4, -0.2) is 19.6 Å². The van der Waals surface area contributed by atoms with Gasteiger partial charge in [-0.05, 0) is 55.7 Å². The van der Waals surface area contributed by atoms with Crippen LogP contribution in [0.15, 0.2) is 42.5 Å². The lowest BCUT2D eigenvalue weighted by Crippen LogP contribution is -2.21. The summed E-state index contributed by atoms with van der Waals surface area (Å²) in [6.45, 7) is 5.87. The Kier molecular flexibility index (Phi) is 6.01. The van der Waals surface area contributed by atoms with Gasteiger partial charge in [-0.25, -0.2) is 0 Å². The Balaban J connectivity index is 2.02. The zero-order chi connectivity index (χ0) is 17.5. The van der Waals surface area contributed by atoms with E-state index >= 15 is 0 Å². The summed E-state index contributed by atoms with van der Waals surface area (Å²) in [4.78, 5) is 12.1. The largest absolute Gasteiger partial charge is 0.493 e. The van der Waals surface area contributed by atoms with Crippen molar-refractivity contribution in [3.63, 3.8) is 0 Å². The average Bonchev–Trinajstić information content (AvgIpc) is 2.58. The number of amides is 1. The summed E-state index contributed by atoms with van der Waals surface area (Å²) in [6.07, 6.45) is 3.92. The fourth-order valence-corrected chi connectivity index (χ4v) is 2.32. The van der Waals surface area contributed by atoms with Crippen molar-refractivity contribution >= 4 is 17.7 Å². The van der Waals surface area contributed by atoms with Gasteiger partial charge in [0, 0.05) is 5.69 Å². The van der Waals surface area contributed by atoms with Gasteiger partial charge in [-0.15, -0.1) is 0 Å². The molecule has 0 aliphatic carbocycles. The molecule has 0 saturated heterocycles. The molecule has 0 aromatic heterocycles. The number of nitrogens with one attached hydrogen (secondary N) is 1. The Hall–Kier alpha value is -2.75. The lowest BCUT2D eigenvalue weighted by atomic mass is 10.1. The molecule has 0 fully saturated rings. The normalized spacial score (nSPS) is 10.7. The van der Waals surface area contributed by atoms with Gasteiger partial charge in [0.1, 0.15) is 0 Å². The number of hydrogen-bond donors (Lipinski definition) is 1. The molecular weight excluding hydrogens is 302 g/mol. The summed E-state index contributed by atoms with van der Waals surface area (Å²) in [5.74, 6) is 0.940. The zero-order valence-electron chi connectivity index (χ0n) is 14.6. The molecule has 0 aliphatic heterocycles. The molecular formula is C20H23NO3. The van der Waals surface area contributed by atoms with Gasteiger partial charge in [-0.3, -0.25) is 4.79 Å². The van der Waals surface area contributed by atoms with E-state index < -0.39 is 0 Å². The van der Waals surface area contributed by atoms with Gasteiger partial charge in [-0.2, -0.15) is 0 Å². The smallest absolute Gasteiger partial charge is 0.262 e. The molecule has 0 unspecified atom stereocenters. The van der Waals surface area contributed by atoms with Crippen LogP contribution in [0.25, 0.3) is 6.08 Å². The summed E-state index contributed by atoms with van der Waals surface area (Å²) in [6, 6.07) is 11.4. The molecule has 0 saturated carbocycles. The monoisotopic (exact) mass is 325 g/mol. The Morgan fingerprint density at radius 1 is 1.17 bits per heavy atom. The number of carbonyl (C=O) groups excluding carboxylic acids is 1. The van der Waals surface area contributed by atoms with E-state index in [2.05, 4.69) is 5.32 Å². The summed E-state index contributed by atoms with van der Waals surface area (Å²) in [7, 11) is 1.58. The number of carbonyl (C=O) groups is 1. The molecule has 1 N–H and O–H groups in total. The Morgan fingerprint density at radius 3 is 2.67 bits per heavy atom. The summed E-state index contributed by atoms with van der Waals surface area (Å²) < 4.78 is 10.9. The van der Waals surface area contributed by atoms with E-state index in [1.165, 1.54) is 0 Å². The topological polar surface area (TPSA) is 47.6 Å². The molecule has 0 heterocycles. The lowest BCUT2D eigenvalue weighted by molar-refractivity contribution is -0.118. The minimum Gasteiger partial charge on any atom is -0.493 e. The van der Waals surface area contributed by atoms with E-state index in [-0.39, 0.29) is 12.5 Å². The van der Waals surface area contributed by atoms with Gasteiger partial charge in [-0.1, -0.05) is 30.4 Å². The number of allylic oxidation sites excluding steroid dienone is 1. The van der Waals surface area contributed by atoms with Crippen LogP contribution in [0, 0.1) is 13.8 Å². The SMILES string of the molecule is C/C=C/c1ccc(OCC(=O)Nc2cccc(C)c2C)c(OC)c1. The van der Waals surface area contributed by atoms with Gasteiger partial charge >= 0.3 is 0 Å². The molecule has 0 spiro atoms. The van der Waals surface area contributed by atoms with Gasteiger partial charge in [0.05, 0.1) is 7.11 Å². The molecule has 4 heteroatoms. The fourth-order valence-electron chi connectivity index (χ4n) is 2.32. The van der Waals surface area contributed by atoms with Crippen molar-refractivity contribution in [1.29, 1.82) is 0 Å². The van der Waals surface area contributed by atoms with Crippen molar-refractivity contribution < 1.29 is 14.3 Å².